The van der Waals surface area contributed by atoms with Crippen LogP contribution < -0.4 is 20.1 Å². The molecule has 1 aliphatic rings. The fourth-order valence-corrected chi connectivity index (χ4v) is 4.65. The Hall–Kier alpha value is -4.63. The Morgan fingerprint density at radius 1 is 1.02 bits per heavy atom. The van der Waals surface area contributed by atoms with E-state index in [1.807, 2.05) is 0 Å². The third-order valence-corrected chi connectivity index (χ3v) is 7.43. The summed E-state index contributed by atoms with van der Waals surface area (Å²) >= 11 is 5.93. The summed E-state index contributed by atoms with van der Waals surface area (Å²) in [4.78, 5) is 42.6. The second kappa shape index (κ2) is 14.5. The molecule has 11 nitrogen and oxygen atoms in total. The van der Waals surface area contributed by atoms with Crippen LogP contribution in [0.4, 0.5) is 22.4 Å². The third-order valence-electron chi connectivity index (χ3n) is 7.14. The molecule has 0 radical (unpaired) electrons. The first-order chi connectivity index (χ1) is 22.8. The van der Waals surface area contributed by atoms with Gasteiger partial charge >= 0.3 is 18.2 Å². The predicted molar refractivity (Wildman–Crippen MR) is 168 cm³/mol. The number of alkyl carbamates (subject to hydrolysis) is 1. The van der Waals surface area contributed by atoms with Crippen LogP contribution in [0.15, 0.2) is 48.5 Å². The molecule has 1 aliphatic carbocycles. The number of aromatic nitrogens is 1. The lowest BCUT2D eigenvalue weighted by molar-refractivity contribution is -0.265. The minimum Gasteiger partial charge on any atom is -0.493 e. The lowest BCUT2D eigenvalue weighted by Crippen LogP contribution is -2.51. The minimum atomic E-state index is -5.47. The van der Waals surface area contributed by atoms with Gasteiger partial charge in [-0.25, -0.2) is 19.0 Å². The Morgan fingerprint density at radius 3 is 2.29 bits per heavy atom. The molecular weight excluding hydrogens is 678 g/mol. The summed E-state index contributed by atoms with van der Waals surface area (Å²) in [6.07, 6.45) is -4.88. The number of amides is 2. The predicted octanol–water partition coefficient (Wildman–Crippen LogP) is 6.01. The minimum absolute atomic E-state index is 0.00701. The first-order valence-electron chi connectivity index (χ1n) is 14.8. The van der Waals surface area contributed by atoms with E-state index < -0.39 is 64.5 Å². The quantitative estimate of drug-likeness (QED) is 0.161. The Morgan fingerprint density at radius 2 is 1.71 bits per heavy atom. The molecule has 1 saturated carbocycles. The van der Waals surface area contributed by atoms with Gasteiger partial charge in [0.15, 0.2) is 17.5 Å². The SMILES string of the molecule is COC(=O)C(NC(=O)OC(C)(C)C)c1cc(-c2ccc(F)c(Cl)c2)nc(C(O)(CNC(=O)c2ccc(OC3CC3)c(OC)c2)C(F)(F)F)c1. The number of aliphatic hydroxyl groups is 1. The Labute approximate surface area is 283 Å². The van der Waals surface area contributed by atoms with E-state index >= 15 is 0 Å². The topological polar surface area (TPSA) is 145 Å². The molecule has 3 aromatic rings. The van der Waals surface area contributed by atoms with Crippen LogP contribution in [0.25, 0.3) is 11.3 Å². The van der Waals surface area contributed by atoms with Crippen molar-refractivity contribution in [2.24, 2.45) is 0 Å². The van der Waals surface area contributed by atoms with Crippen molar-refractivity contribution in [2.75, 3.05) is 20.8 Å². The number of esters is 1. The zero-order valence-corrected chi connectivity index (χ0v) is 27.8. The van der Waals surface area contributed by atoms with Crippen molar-refractivity contribution in [2.45, 2.75) is 63.1 Å². The Balaban J connectivity index is 1.78. The molecule has 2 atom stereocenters. The van der Waals surface area contributed by atoms with Crippen LogP contribution in [-0.4, -0.2) is 66.7 Å². The monoisotopic (exact) mass is 711 g/mol. The standard InChI is InChI=1S/C33H34ClF4N3O8/c1-31(2,3)49-30(44)41-27(29(43)47-5)19-13-23(17-6-10-22(35)21(34)12-17)40-26(15-19)32(45,33(36,37)38)16-39-28(42)18-7-11-24(25(14-18)46-4)48-20-8-9-20/h6-7,10-15,20,27,45H,8-9,16H2,1-5H3,(H,39,42)(H,41,44). The van der Waals surface area contributed by atoms with Gasteiger partial charge in [0.2, 0.25) is 5.60 Å². The second-order valence-corrected chi connectivity index (χ2v) is 12.5. The summed E-state index contributed by atoms with van der Waals surface area (Å²) in [6.45, 7) is 3.20. The van der Waals surface area contributed by atoms with Crippen molar-refractivity contribution in [3.05, 3.63) is 76.2 Å². The van der Waals surface area contributed by atoms with E-state index in [9.17, 15) is 37.1 Å². The highest BCUT2D eigenvalue weighted by Crippen LogP contribution is 2.40. The number of pyridine rings is 1. The van der Waals surface area contributed by atoms with Gasteiger partial charge in [0.25, 0.3) is 5.91 Å². The molecule has 0 aliphatic heterocycles. The molecule has 2 amide bonds. The van der Waals surface area contributed by atoms with Crippen LogP contribution in [0, 0.1) is 5.82 Å². The molecule has 1 heterocycles. The average Bonchev–Trinajstić information content (AvgIpc) is 3.85. The number of nitrogens with one attached hydrogen (secondary N) is 2. The van der Waals surface area contributed by atoms with Crippen molar-refractivity contribution in [1.29, 1.82) is 0 Å². The van der Waals surface area contributed by atoms with E-state index in [2.05, 4.69) is 15.6 Å². The van der Waals surface area contributed by atoms with Crippen LogP contribution in [0.1, 0.15) is 61.3 Å². The van der Waals surface area contributed by atoms with Gasteiger partial charge in [0.05, 0.1) is 43.3 Å². The molecule has 0 bridgehead atoms. The summed E-state index contributed by atoms with van der Waals surface area (Å²) in [5.41, 5.74) is -6.72. The number of alkyl halides is 3. The number of rotatable bonds is 11. The molecule has 0 spiro atoms. The number of nitrogens with zero attached hydrogens (tertiary/aromatic N) is 1. The smallest absolute Gasteiger partial charge is 0.424 e. The van der Waals surface area contributed by atoms with Crippen LogP contribution in [0.5, 0.6) is 11.5 Å². The highest BCUT2D eigenvalue weighted by molar-refractivity contribution is 6.31. The third kappa shape index (κ3) is 9.09. The Bertz CT molecular complexity index is 1730. The van der Waals surface area contributed by atoms with Crippen molar-refractivity contribution in [3.63, 3.8) is 0 Å². The zero-order valence-electron chi connectivity index (χ0n) is 27.0. The first kappa shape index (κ1) is 37.2. The van der Waals surface area contributed by atoms with E-state index in [0.717, 1.165) is 50.3 Å². The number of halogens is 5. The van der Waals surface area contributed by atoms with E-state index in [-0.39, 0.29) is 34.2 Å². The van der Waals surface area contributed by atoms with Gasteiger partial charge in [-0.15, -0.1) is 0 Å². The van der Waals surface area contributed by atoms with Crippen molar-refractivity contribution in [1.82, 2.24) is 15.6 Å². The molecule has 1 aromatic heterocycles. The van der Waals surface area contributed by atoms with Crippen LogP contribution in [0.3, 0.4) is 0 Å². The summed E-state index contributed by atoms with van der Waals surface area (Å²) in [6, 6.07) is 7.28. The number of methoxy groups -OCH3 is 2. The van der Waals surface area contributed by atoms with Crippen molar-refractivity contribution < 1.29 is 56.0 Å². The van der Waals surface area contributed by atoms with E-state index in [1.54, 1.807) is 20.8 Å². The highest BCUT2D eigenvalue weighted by atomic mass is 35.5. The maximum absolute atomic E-state index is 14.8. The summed E-state index contributed by atoms with van der Waals surface area (Å²) in [5, 5.41) is 15.3. The molecule has 3 N–H and O–H groups in total. The number of hydrogen-bond acceptors (Lipinski definition) is 9. The lowest BCUT2D eigenvalue weighted by Gasteiger charge is -2.31. The van der Waals surface area contributed by atoms with Crippen LogP contribution in [0.2, 0.25) is 5.02 Å². The number of carbonyl (C=O) groups is 3. The number of ether oxygens (including phenoxy) is 4. The first-order valence-corrected chi connectivity index (χ1v) is 15.2. The number of benzene rings is 2. The van der Waals surface area contributed by atoms with Gasteiger partial charge in [-0.3, -0.25) is 4.79 Å². The van der Waals surface area contributed by atoms with E-state index in [1.165, 1.54) is 25.3 Å². The maximum atomic E-state index is 14.8. The van der Waals surface area contributed by atoms with Gasteiger partial charge < -0.3 is 34.7 Å². The van der Waals surface area contributed by atoms with Crippen molar-refractivity contribution >= 4 is 29.6 Å². The van der Waals surface area contributed by atoms with Gasteiger partial charge in [-0.2, -0.15) is 13.2 Å². The molecule has 0 saturated heterocycles. The molecule has 264 valence electrons. The maximum Gasteiger partial charge on any atom is 0.424 e. The molecule has 2 unspecified atom stereocenters. The molecule has 49 heavy (non-hydrogen) atoms. The highest BCUT2D eigenvalue weighted by Gasteiger charge is 2.56. The van der Waals surface area contributed by atoms with Gasteiger partial charge in [-0.1, -0.05) is 11.6 Å². The normalized spacial score (nSPS) is 15.0. The van der Waals surface area contributed by atoms with Crippen molar-refractivity contribution in [3.8, 4) is 22.8 Å². The number of hydrogen-bond donors (Lipinski definition) is 3. The van der Waals surface area contributed by atoms with Crippen LogP contribution in [-0.2, 0) is 19.9 Å². The lowest BCUT2D eigenvalue weighted by atomic mass is 9.93. The fraction of sp³-hybridized carbons (Fsp3) is 0.394. The fourth-order valence-electron chi connectivity index (χ4n) is 4.47. The summed E-state index contributed by atoms with van der Waals surface area (Å²) in [7, 11) is 2.32. The average molecular weight is 712 g/mol. The molecule has 4 rings (SSSR count). The van der Waals surface area contributed by atoms with Gasteiger partial charge in [-0.05, 0) is 87.7 Å². The summed E-state index contributed by atoms with van der Waals surface area (Å²) < 4.78 is 79.4. The van der Waals surface area contributed by atoms with Gasteiger partial charge in [0, 0.05) is 11.1 Å². The molecule has 2 aromatic carbocycles. The second-order valence-electron chi connectivity index (χ2n) is 12.1. The molecule has 1 fully saturated rings. The number of carbonyl (C=O) groups excluding carboxylic acids is 3. The van der Waals surface area contributed by atoms with E-state index in [4.69, 9.17) is 30.5 Å². The zero-order chi connectivity index (χ0) is 36.3. The largest absolute Gasteiger partial charge is 0.493 e. The van der Waals surface area contributed by atoms with E-state index in [0.29, 0.717) is 5.75 Å². The van der Waals surface area contributed by atoms with Crippen LogP contribution >= 0.6 is 11.6 Å². The molecular formula is C33H34ClF4N3O8. The van der Waals surface area contributed by atoms with Gasteiger partial charge in [0.1, 0.15) is 11.4 Å². The summed E-state index contributed by atoms with van der Waals surface area (Å²) in [5.74, 6) is -2.42. The Kier molecular flexibility index (Phi) is 11.0. The molecule has 16 heteroatoms.